The molecule has 1 rings (SSSR count). The Kier molecular flexibility index (Phi) is 4.19. The Hall–Kier alpha value is -1.75. The molecule has 0 aromatic heterocycles. The molecule has 1 amide bonds. The number of carbonyl (C=O) groups is 1. The lowest BCUT2D eigenvalue weighted by Gasteiger charge is -2.29. The van der Waals surface area contributed by atoms with Crippen LogP contribution in [0.5, 0.6) is 11.5 Å². The van der Waals surface area contributed by atoms with E-state index in [0.717, 1.165) is 0 Å². The van der Waals surface area contributed by atoms with Gasteiger partial charge in [0.15, 0.2) is 11.5 Å². The van der Waals surface area contributed by atoms with Crippen molar-refractivity contribution in [3.8, 4) is 11.5 Å². The van der Waals surface area contributed by atoms with Gasteiger partial charge >= 0.3 is 0 Å². The molecule has 0 atom stereocenters. The molecule has 4 N–H and O–H groups in total. The number of phenolic OH excluding ortho intramolecular Hbond substituents is 2. The van der Waals surface area contributed by atoms with Crippen LogP contribution in [0.15, 0.2) is 18.2 Å². The zero-order chi connectivity index (χ0) is 13.9. The molecule has 0 heterocycles. The molecule has 0 saturated heterocycles. The van der Waals surface area contributed by atoms with Crippen molar-refractivity contribution in [3.63, 3.8) is 0 Å². The highest BCUT2D eigenvalue weighted by atomic mass is 16.3. The molecule has 0 fully saturated rings. The predicted octanol–water partition coefficient (Wildman–Crippen LogP) is 1.15. The van der Waals surface area contributed by atoms with Crippen LogP contribution in [0.2, 0.25) is 0 Å². The van der Waals surface area contributed by atoms with Crippen LogP contribution >= 0.6 is 0 Å². The largest absolute Gasteiger partial charge is 0.504 e. The van der Waals surface area contributed by atoms with Gasteiger partial charge in [-0.15, -0.1) is 0 Å². The molecule has 0 radical (unpaired) electrons. The fraction of sp³-hybridized carbons (Fsp3) is 0.462. The molecule has 0 aliphatic carbocycles. The second-order valence-corrected chi connectivity index (χ2v) is 5.23. The summed E-state index contributed by atoms with van der Waals surface area (Å²) in [5.41, 5.74) is 5.80. The van der Waals surface area contributed by atoms with Crippen molar-refractivity contribution in [3.05, 3.63) is 23.8 Å². The van der Waals surface area contributed by atoms with Gasteiger partial charge in [-0.1, -0.05) is 13.8 Å². The Labute approximate surface area is 107 Å². The Morgan fingerprint density at radius 3 is 2.44 bits per heavy atom. The number of aromatic hydroxyl groups is 2. The summed E-state index contributed by atoms with van der Waals surface area (Å²) in [6.07, 6.45) is 0. The number of rotatable bonds is 4. The van der Waals surface area contributed by atoms with Crippen LogP contribution in [0, 0.1) is 5.41 Å². The second-order valence-electron chi connectivity index (χ2n) is 5.23. The van der Waals surface area contributed by atoms with E-state index in [4.69, 9.17) is 5.73 Å². The lowest BCUT2D eigenvalue weighted by Crippen LogP contribution is -2.39. The van der Waals surface area contributed by atoms with Crippen molar-refractivity contribution >= 4 is 5.91 Å². The first-order valence-electron chi connectivity index (χ1n) is 5.74. The smallest absolute Gasteiger partial charge is 0.253 e. The fourth-order valence-electron chi connectivity index (χ4n) is 1.66. The molecule has 0 aliphatic heterocycles. The Morgan fingerprint density at radius 2 is 1.94 bits per heavy atom. The van der Waals surface area contributed by atoms with Crippen molar-refractivity contribution in [1.82, 2.24) is 4.90 Å². The molecule has 5 heteroatoms. The molecule has 5 nitrogen and oxygen atoms in total. The van der Waals surface area contributed by atoms with E-state index in [2.05, 4.69) is 0 Å². The first-order chi connectivity index (χ1) is 8.26. The molecular formula is C13H20N2O3. The first-order valence-corrected chi connectivity index (χ1v) is 5.74. The standard InChI is InChI=1S/C13H20N2O3/c1-13(2,7-14)8-15(3)12(18)9-4-5-10(16)11(17)6-9/h4-6,16-17H,7-8,14H2,1-3H3. The van der Waals surface area contributed by atoms with Crippen LogP contribution in [0.25, 0.3) is 0 Å². The fourth-order valence-corrected chi connectivity index (χ4v) is 1.66. The number of hydrogen-bond acceptors (Lipinski definition) is 4. The molecule has 18 heavy (non-hydrogen) atoms. The maximum atomic E-state index is 12.1. The summed E-state index contributed by atoms with van der Waals surface area (Å²) in [5, 5.41) is 18.6. The monoisotopic (exact) mass is 252 g/mol. The number of nitrogens with two attached hydrogens (primary N) is 1. The first kappa shape index (κ1) is 14.3. The van der Waals surface area contributed by atoms with Gasteiger partial charge in [0, 0.05) is 19.2 Å². The van der Waals surface area contributed by atoms with Crippen molar-refractivity contribution in [2.45, 2.75) is 13.8 Å². The summed E-state index contributed by atoms with van der Waals surface area (Å²) in [7, 11) is 1.68. The van der Waals surface area contributed by atoms with E-state index >= 15 is 0 Å². The summed E-state index contributed by atoms with van der Waals surface area (Å²) in [6, 6.07) is 4.03. The number of carbonyl (C=O) groups excluding carboxylic acids is 1. The average Bonchev–Trinajstić information content (AvgIpc) is 2.31. The van der Waals surface area contributed by atoms with Gasteiger partial charge in [0.1, 0.15) is 0 Å². The van der Waals surface area contributed by atoms with Crippen LogP contribution in [0.3, 0.4) is 0 Å². The third kappa shape index (κ3) is 3.37. The van der Waals surface area contributed by atoms with Gasteiger partial charge in [0.2, 0.25) is 0 Å². The predicted molar refractivity (Wildman–Crippen MR) is 69.6 cm³/mol. The number of nitrogens with zero attached hydrogens (tertiary/aromatic N) is 1. The highest BCUT2D eigenvalue weighted by Crippen LogP contribution is 2.25. The number of benzene rings is 1. The average molecular weight is 252 g/mol. The van der Waals surface area contributed by atoms with Gasteiger partial charge in [-0.05, 0) is 30.2 Å². The van der Waals surface area contributed by atoms with Crippen LogP contribution < -0.4 is 5.73 Å². The van der Waals surface area contributed by atoms with Gasteiger partial charge in [-0.2, -0.15) is 0 Å². The highest BCUT2D eigenvalue weighted by molar-refractivity contribution is 5.94. The van der Waals surface area contributed by atoms with E-state index in [-0.39, 0.29) is 22.8 Å². The maximum Gasteiger partial charge on any atom is 0.253 e. The second kappa shape index (κ2) is 5.27. The SMILES string of the molecule is CN(CC(C)(C)CN)C(=O)c1ccc(O)c(O)c1. The van der Waals surface area contributed by atoms with Gasteiger partial charge in [-0.25, -0.2) is 0 Å². The van der Waals surface area contributed by atoms with E-state index in [1.54, 1.807) is 11.9 Å². The van der Waals surface area contributed by atoms with Crippen molar-refractivity contribution in [1.29, 1.82) is 0 Å². The third-order valence-electron chi connectivity index (χ3n) is 2.79. The zero-order valence-electron chi connectivity index (χ0n) is 11.0. The summed E-state index contributed by atoms with van der Waals surface area (Å²) >= 11 is 0. The Balaban J connectivity index is 2.83. The minimum absolute atomic E-state index is 0.163. The van der Waals surface area contributed by atoms with E-state index in [1.807, 2.05) is 13.8 Å². The van der Waals surface area contributed by atoms with Crippen molar-refractivity contribution in [2.75, 3.05) is 20.1 Å². The summed E-state index contributed by atoms with van der Waals surface area (Å²) in [4.78, 5) is 13.6. The quantitative estimate of drug-likeness (QED) is 0.702. The summed E-state index contributed by atoms with van der Waals surface area (Å²) < 4.78 is 0. The van der Waals surface area contributed by atoms with E-state index in [0.29, 0.717) is 18.7 Å². The molecule has 0 unspecified atom stereocenters. The lowest BCUT2D eigenvalue weighted by atomic mass is 9.93. The Morgan fingerprint density at radius 1 is 1.33 bits per heavy atom. The molecular weight excluding hydrogens is 232 g/mol. The molecule has 1 aromatic carbocycles. The van der Waals surface area contributed by atoms with Gasteiger partial charge < -0.3 is 20.8 Å². The van der Waals surface area contributed by atoms with Crippen molar-refractivity contribution in [2.24, 2.45) is 11.1 Å². The third-order valence-corrected chi connectivity index (χ3v) is 2.79. The van der Waals surface area contributed by atoms with Crippen molar-refractivity contribution < 1.29 is 15.0 Å². The number of amides is 1. The van der Waals surface area contributed by atoms with Crippen LogP contribution in [0.4, 0.5) is 0 Å². The number of hydrogen-bond donors (Lipinski definition) is 3. The van der Waals surface area contributed by atoms with Gasteiger partial charge in [0.25, 0.3) is 5.91 Å². The molecule has 0 bridgehead atoms. The maximum absolute atomic E-state index is 12.1. The molecule has 0 saturated carbocycles. The number of phenols is 2. The Bertz CT molecular complexity index is 444. The minimum atomic E-state index is -0.299. The van der Waals surface area contributed by atoms with Gasteiger partial charge in [0.05, 0.1) is 0 Å². The van der Waals surface area contributed by atoms with Crippen LogP contribution in [0.1, 0.15) is 24.2 Å². The topological polar surface area (TPSA) is 86.8 Å². The molecule has 0 spiro atoms. The highest BCUT2D eigenvalue weighted by Gasteiger charge is 2.22. The molecule has 100 valence electrons. The van der Waals surface area contributed by atoms with E-state index in [1.165, 1.54) is 18.2 Å². The van der Waals surface area contributed by atoms with Gasteiger partial charge in [-0.3, -0.25) is 4.79 Å². The lowest BCUT2D eigenvalue weighted by molar-refractivity contribution is 0.0740. The summed E-state index contributed by atoms with van der Waals surface area (Å²) in [5.74, 6) is -0.754. The van der Waals surface area contributed by atoms with Crippen LogP contribution in [-0.2, 0) is 0 Å². The summed E-state index contributed by atoms with van der Waals surface area (Å²) in [6.45, 7) is 4.95. The van der Waals surface area contributed by atoms with Crippen LogP contribution in [-0.4, -0.2) is 41.2 Å². The molecule has 0 aliphatic rings. The normalized spacial score (nSPS) is 11.3. The molecule has 1 aromatic rings. The minimum Gasteiger partial charge on any atom is -0.504 e. The van der Waals surface area contributed by atoms with E-state index < -0.39 is 0 Å². The zero-order valence-corrected chi connectivity index (χ0v) is 11.0. The van der Waals surface area contributed by atoms with E-state index in [9.17, 15) is 15.0 Å².